The van der Waals surface area contributed by atoms with E-state index >= 15 is 0 Å². The van der Waals surface area contributed by atoms with E-state index in [1.807, 2.05) is 5.38 Å². The molecule has 1 aromatic heterocycles. The highest BCUT2D eigenvalue weighted by atomic mass is 32.1. The monoisotopic (exact) mass is 347 g/mol. The van der Waals surface area contributed by atoms with Crippen LogP contribution in [0.3, 0.4) is 0 Å². The predicted molar refractivity (Wildman–Crippen MR) is 86.6 cm³/mol. The summed E-state index contributed by atoms with van der Waals surface area (Å²) in [7, 11) is 0. The fourth-order valence-electron chi connectivity index (χ4n) is 2.13. The summed E-state index contributed by atoms with van der Waals surface area (Å²) in [6, 6.07) is 12.7. The molecule has 7 heteroatoms. The molecule has 0 aliphatic heterocycles. The van der Waals surface area contributed by atoms with Gasteiger partial charge in [-0.1, -0.05) is 12.1 Å². The minimum absolute atomic E-state index is 0.0818. The highest BCUT2D eigenvalue weighted by molar-refractivity contribution is 7.13. The number of rotatable bonds is 5. The molecule has 1 N–H and O–H groups in total. The Morgan fingerprint density at radius 1 is 1.12 bits per heavy atom. The Labute approximate surface area is 140 Å². The maximum atomic E-state index is 12.1. The Balaban J connectivity index is 1.85. The van der Waals surface area contributed by atoms with E-state index in [1.165, 1.54) is 29.5 Å². The van der Waals surface area contributed by atoms with Crippen LogP contribution in [0.4, 0.5) is 8.78 Å². The number of ether oxygens (including phenoxy) is 1. The molecule has 24 heavy (non-hydrogen) atoms. The predicted octanol–water partition coefficient (Wildman–Crippen LogP) is 4.78. The molecule has 1 heterocycles. The molecule has 3 aromatic rings. The van der Waals surface area contributed by atoms with Gasteiger partial charge in [-0.2, -0.15) is 8.78 Å². The Kier molecular flexibility index (Phi) is 4.52. The fourth-order valence-corrected chi connectivity index (χ4v) is 2.96. The van der Waals surface area contributed by atoms with Crippen LogP contribution in [0.15, 0.2) is 53.9 Å². The summed E-state index contributed by atoms with van der Waals surface area (Å²) in [5, 5.41) is 11.6. The van der Waals surface area contributed by atoms with E-state index in [9.17, 15) is 13.6 Å². The van der Waals surface area contributed by atoms with E-state index in [0.717, 1.165) is 5.56 Å². The zero-order valence-corrected chi connectivity index (χ0v) is 13.0. The summed E-state index contributed by atoms with van der Waals surface area (Å²) in [5.41, 5.74) is 2.34. The molecule has 4 nitrogen and oxygen atoms in total. The average Bonchev–Trinajstić information content (AvgIpc) is 3.05. The number of nitrogens with zero attached hydrogens (tertiary/aromatic N) is 1. The van der Waals surface area contributed by atoms with Gasteiger partial charge in [-0.25, -0.2) is 9.78 Å². The zero-order chi connectivity index (χ0) is 17.1. The van der Waals surface area contributed by atoms with Gasteiger partial charge in [0.2, 0.25) is 0 Å². The number of thiazole rings is 1. The third-order valence-electron chi connectivity index (χ3n) is 3.24. The van der Waals surface area contributed by atoms with Crippen LogP contribution in [-0.4, -0.2) is 22.7 Å². The lowest BCUT2D eigenvalue weighted by Gasteiger charge is -2.04. The molecule has 122 valence electrons. The molecule has 0 aliphatic rings. The van der Waals surface area contributed by atoms with E-state index in [0.29, 0.717) is 16.3 Å². The smallest absolute Gasteiger partial charge is 0.387 e. The van der Waals surface area contributed by atoms with Crippen LogP contribution in [0.2, 0.25) is 0 Å². The number of carboxylic acid groups (broad SMARTS) is 1. The molecule has 0 amide bonds. The molecule has 0 fully saturated rings. The van der Waals surface area contributed by atoms with Crippen molar-refractivity contribution in [3.05, 3.63) is 59.5 Å². The number of hydrogen-bond acceptors (Lipinski definition) is 4. The van der Waals surface area contributed by atoms with Crippen molar-refractivity contribution in [2.75, 3.05) is 0 Å². The van der Waals surface area contributed by atoms with Gasteiger partial charge < -0.3 is 9.84 Å². The summed E-state index contributed by atoms with van der Waals surface area (Å²) < 4.78 is 28.6. The molecular formula is C17H11F2NO3S. The second kappa shape index (κ2) is 6.76. The van der Waals surface area contributed by atoms with E-state index in [-0.39, 0.29) is 11.3 Å². The number of aromatic nitrogens is 1. The second-order valence-corrected chi connectivity index (χ2v) is 5.68. The fraction of sp³-hybridized carbons (Fsp3) is 0.0588. The molecule has 0 aliphatic carbocycles. The van der Waals surface area contributed by atoms with Crippen LogP contribution in [-0.2, 0) is 0 Å². The van der Waals surface area contributed by atoms with Crippen LogP contribution in [0.1, 0.15) is 10.4 Å². The van der Waals surface area contributed by atoms with Gasteiger partial charge in [-0.15, -0.1) is 11.3 Å². The van der Waals surface area contributed by atoms with Gasteiger partial charge in [0.05, 0.1) is 11.3 Å². The van der Waals surface area contributed by atoms with Crippen molar-refractivity contribution in [1.82, 2.24) is 4.98 Å². The molecule has 0 radical (unpaired) electrons. The van der Waals surface area contributed by atoms with Crippen LogP contribution in [0.5, 0.6) is 5.75 Å². The van der Waals surface area contributed by atoms with Gasteiger partial charge in [0.25, 0.3) is 0 Å². The first-order valence-electron chi connectivity index (χ1n) is 6.87. The van der Waals surface area contributed by atoms with Crippen molar-refractivity contribution < 1.29 is 23.4 Å². The second-order valence-electron chi connectivity index (χ2n) is 4.83. The van der Waals surface area contributed by atoms with Crippen LogP contribution < -0.4 is 4.74 Å². The van der Waals surface area contributed by atoms with E-state index in [4.69, 9.17) is 5.11 Å². The number of carboxylic acids is 1. The average molecular weight is 347 g/mol. The third kappa shape index (κ3) is 3.57. The van der Waals surface area contributed by atoms with Crippen molar-refractivity contribution in [3.63, 3.8) is 0 Å². The Morgan fingerprint density at radius 3 is 2.54 bits per heavy atom. The largest absolute Gasteiger partial charge is 0.478 e. The lowest BCUT2D eigenvalue weighted by atomic mass is 10.1. The van der Waals surface area contributed by atoms with Crippen LogP contribution in [0, 0.1) is 0 Å². The van der Waals surface area contributed by atoms with Gasteiger partial charge in [0.1, 0.15) is 10.8 Å². The lowest BCUT2D eigenvalue weighted by Crippen LogP contribution is -2.01. The number of halogens is 2. The molecule has 0 bridgehead atoms. The summed E-state index contributed by atoms with van der Waals surface area (Å²) >= 11 is 1.38. The highest BCUT2D eigenvalue weighted by Crippen LogP contribution is 2.30. The third-order valence-corrected chi connectivity index (χ3v) is 4.13. The van der Waals surface area contributed by atoms with Crippen molar-refractivity contribution in [3.8, 4) is 27.6 Å². The molecular weight excluding hydrogens is 336 g/mol. The normalized spacial score (nSPS) is 10.8. The number of aromatic carboxylic acids is 1. The molecule has 0 saturated carbocycles. The molecule has 0 spiro atoms. The maximum absolute atomic E-state index is 12.1. The Morgan fingerprint density at radius 2 is 1.88 bits per heavy atom. The van der Waals surface area contributed by atoms with Crippen LogP contribution in [0.25, 0.3) is 21.8 Å². The number of benzene rings is 2. The Bertz CT molecular complexity index is 862. The number of hydrogen-bond donors (Lipinski definition) is 1. The van der Waals surface area contributed by atoms with Crippen molar-refractivity contribution >= 4 is 17.3 Å². The summed E-state index contributed by atoms with van der Waals surface area (Å²) in [6.45, 7) is -2.86. The van der Waals surface area contributed by atoms with Gasteiger partial charge in [0.15, 0.2) is 0 Å². The topological polar surface area (TPSA) is 59.4 Å². The molecule has 0 saturated heterocycles. The van der Waals surface area contributed by atoms with Gasteiger partial charge in [-0.05, 0) is 36.4 Å². The Hall–Kier alpha value is -2.80. The minimum Gasteiger partial charge on any atom is -0.478 e. The molecule has 0 unspecified atom stereocenters. The molecule has 0 atom stereocenters. The van der Waals surface area contributed by atoms with Gasteiger partial charge in [0, 0.05) is 16.5 Å². The van der Waals surface area contributed by atoms with Crippen LogP contribution >= 0.6 is 11.3 Å². The maximum Gasteiger partial charge on any atom is 0.387 e. The van der Waals surface area contributed by atoms with Gasteiger partial charge in [-0.3, -0.25) is 0 Å². The molecule has 3 rings (SSSR count). The van der Waals surface area contributed by atoms with E-state index in [2.05, 4.69) is 9.72 Å². The van der Waals surface area contributed by atoms with Crippen molar-refractivity contribution in [2.24, 2.45) is 0 Å². The summed E-state index contributed by atoms with van der Waals surface area (Å²) in [4.78, 5) is 15.5. The van der Waals surface area contributed by atoms with E-state index in [1.54, 1.807) is 30.3 Å². The standard InChI is InChI=1S/C17H11F2NO3S/c18-17(19)23-13-6-4-10(5-7-13)14-9-24-15(20-14)11-2-1-3-12(8-11)16(21)22/h1-9,17H,(H,21,22). The van der Waals surface area contributed by atoms with Crippen molar-refractivity contribution in [1.29, 1.82) is 0 Å². The lowest BCUT2D eigenvalue weighted by molar-refractivity contribution is -0.0498. The molecule has 2 aromatic carbocycles. The number of alkyl halides is 2. The SMILES string of the molecule is O=C(O)c1cccc(-c2nc(-c3ccc(OC(F)F)cc3)cs2)c1. The quantitative estimate of drug-likeness (QED) is 0.722. The first-order valence-corrected chi connectivity index (χ1v) is 7.75. The zero-order valence-electron chi connectivity index (χ0n) is 12.1. The van der Waals surface area contributed by atoms with E-state index < -0.39 is 12.6 Å². The summed E-state index contributed by atoms with van der Waals surface area (Å²) in [5.74, 6) is -0.915. The van der Waals surface area contributed by atoms with Crippen molar-refractivity contribution in [2.45, 2.75) is 6.61 Å². The highest BCUT2D eigenvalue weighted by Gasteiger charge is 2.10. The first-order chi connectivity index (χ1) is 11.5. The first kappa shape index (κ1) is 16.1. The van der Waals surface area contributed by atoms with Gasteiger partial charge >= 0.3 is 12.6 Å². The summed E-state index contributed by atoms with van der Waals surface area (Å²) in [6.07, 6.45) is 0. The number of carbonyl (C=O) groups is 1. The minimum atomic E-state index is -2.86.